The van der Waals surface area contributed by atoms with E-state index in [2.05, 4.69) is 41.1 Å². The maximum atomic E-state index is 14.3. The summed E-state index contributed by atoms with van der Waals surface area (Å²) in [5, 5.41) is 21.2. The second-order valence-corrected chi connectivity index (χ2v) is 16.6. The smallest absolute Gasteiger partial charge is 0.284 e. The highest BCUT2D eigenvalue weighted by Gasteiger charge is 2.40. The van der Waals surface area contributed by atoms with E-state index >= 15 is 0 Å². The number of anilines is 3. The summed E-state index contributed by atoms with van der Waals surface area (Å²) in [5.41, 5.74) is 1.25. The number of likely N-dealkylation sites (tertiary alicyclic amines) is 1. The van der Waals surface area contributed by atoms with Crippen molar-refractivity contribution in [1.29, 1.82) is 0 Å². The molecule has 8 heterocycles. The molecular weight excluding hydrogens is 797 g/mol. The van der Waals surface area contributed by atoms with Crippen molar-refractivity contribution in [3.05, 3.63) is 59.8 Å². The van der Waals surface area contributed by atoms with Crippen LogP contribution in [0.1, 0.15) is 97.9 Å². The highest BCUT2D eigenvalue weighted by atomic mass is 19.3. The van der Waals surface area contributed by atoms with E-state index in [-0.39, 0.29) is 66.4 Å². The standard InChI is InChI=1S/C41H45F2N11O7/c42-38(43)36-31(46-41(58)29-17-44-53-15-12-32(47-39(29)53)52-18-26-16-23(52)21-59-26)19-54(49-36)22-4-6-24(7-5-22)60-25-10-13-51(14-11-25)20-34(56)45-30-3-1-2-27-35(50-61-37(27)30)28-8-9-33(55)48-40(28)57/h1-3,12,15,17,19,22-26,28,38H,4-11,13-14,16,18,20-21H2,(H,45,56)(H,46,58)(H,48,55,57)/t22?,23-,24?,26-,28?/m1/s1. The predicted octanol–water partition coefficient (Wildman–Crippen LogP) is 4.36. The summed E-state index contributed by atoms with van der Waals surface area (Å²) in [6.45, 7) is 2.90. The predicted molar refractivity (Wildman–Crippen MR) is 213 cm³/mol. The van der Waals surface area contributed by atoms with Gasteiger partial charge in [-0.05, 0) is 69.6 Å². The fourth-order valence-corrected chi connectivity index (χ4v) is 9.50. The SMILES string of the molecule is O=C1CCC(c2noc3c(NC(=O)CN4CCC(OC5CCC(n6cc(NC(=O)c7cnn8ccc(N9C[C@H]%10C[C@@H]9CO%10)nc78)c(C(F)F)n6)CC5)CC4)cccc23)C(=O)N1. The van der Waals surface area contributed by atoms with E-state index in [1.54, 1.807) is 29.1 Å². The Hall–Kier alpha value is -5.86. The molecule has 2 bridgehead atoms. The number of ether oxygens (including phenoxy) is 2. The van der Waals surface area contributed by atoms with Crippen LogP contribution in [0.4, 0.5) is 26.0 Å². The lowest BCUT2D eigenvalue weighted by molar-refractivity contribution is -0.134. The van der Waals surface area contributed by atoms with Gasteiger partial charge in [0.05, 0.1) is 67.0 Å². The van der Waals surface area contributed by atoms with E-state index in [9.17, 15) is 28.0 Å². The van der Waals surface area contributed by atoms with Gasteiger partial charge in [0.1, 0.15) is 17.1 Å². The first-order valence-electron chi connectivity index (χ1n) is 20.9. The molecule has 4 amide bonds. The number of rotatable bonds is 11. The number of amides is 4. The van der Waals surface area contributed by atoms with Crippen molar-refractivity contribution in [2.24, 2.45) is 0 Å². The zero-order valence-corrected chi connectivity index (χ0v) is 33.2. The second-order valence-electron chi connectivity index (χ2n) is 16.6. The van der Waals surface area contributed by atoms with E-state index in [1.807, 2.05) is 6.07 Å². The Labute approximate surface area is 347 Å². The van der Waals surface area contributed by atoms with Crippen LogP contribution in [0.15, 0.2) is 47.4 Å². The van der Waals surface area contributed by atoms with Gasteiger partial charge in [-0.25, -0.2) is 18.3 Å². The minimum atomic E-state index is -2.89. The molecule has 1 saturated carbocycles. The number of imide groups is 1. The molecule has 1 unspecified atom stereocenters. The van der Waals surface area contributed by atoms with Crippen molar-refractivity contribution >= 4 is 57.4 Å². The fourth-order valence-electron chi connectivity index (χ4n) is 9.50. The number of fused-ring (bicyclic) bond motifs is 4. The van der Waals surface area contributed by atoms with Gasteiger partial charge in [0.25, 0.3) is 12.3 Å². The number of hydrogen-bond donors (Lipinski definition) is 3. The Kier molecular flexibility index (Phi) is 10.4. The van der Waals surface area contributed by atoms with Crippen LogP contribution in [0.25, 0.3) is 16.6 Å². The van der Waals surface area contributed by atoms with Crippen molar-refractivity contribution in [3.8, 4) is 0 Å². The van der Waals surface area contributed by atoms with Gasteiger partial charge in [-0.15, -0.1) is 0 Å². The van der Waals surface area contributed by atoms with Crippen molar-refractivity contribution in [2.45, 2.75) is 101 Å². The molecule has 10 rings (SSSR count). The van der Waals surface area contributed by atoms with Crippen molar-refractivity contribution in [3.63, 3.8) is 0 Å². The van der Waals surface area contributed by atoms with Crippen LogP contribution in [0.2, 0.25) is 0 Å². The topological polar surface area (TPSA) is 203 Å². The third-order valence-corrected chi connectivity index (χ3v) is 12.7. The van der Waals surface area contributed by atoms with Crippen molar-refractivity contribution in [2.75, 3.05) is 48.3 Å². The molecule has 3 N–H and O–H groups in total. The average molecular weight is 842 g/mol. The molecule has 5 fully saturated rings. The van der Waals surface area contributed by atoms with Crippen LogP contribution < -0.4 is 20.9 Å². The number of carbonyl (C=O) groups is 4. The molecule has 3 atom stereocenters. The first-order valence-corrected chi connectivity index (χ1v) is 20.9. The van der Waals surface area contributed by atoms with E-state index in [1.165, 1.54) is 16.9 Å². The van der Waals surface area contributed by atoms with Crippen LogP contribution in [0.5, 0.6) is 0 Å². The van der Waals surface area contributed by atoms with Gasteiger partial charge in [0.2, 0.25) is 17.7 Å². The van der Waals surface area contributed by atoms with Gasteiger partial charge in [-0.2, -0.15) is 10.2 Å². The first-order chi connectivity index (χ1) is 29.6. The van der Waals surface area contributed by atoms with Crippen molar-refractivity contribution in [1.82, 2.24) is 39.8 Å². The molecular formula is C41H45F2N11O7. The van der Waals surface area contributed by atoms with Crippen LogP contribution in [0, 0.1) is 0 Å². The maximum Gasteiger partial charge on any atom is 0.284 e. The Morgan fingerprint density at radius 1 is 0.984 bits per heavy atom. The number of piperidine rings is 2. The number of morpholine rings is 1. The van der Waals surface area contributed by atoms with Gasteiger partial charge in [0, 0.05) is 43.8 Å². The number of hydrogen-bond acceptors (Lipinski definition) is 13. The molecule has 4 aliphatic heterocycles. The van der Waals surface area contributed by atoms with Gasteiger partial charge in [0.15, 0.2) is 16.9 Å². The molecule has 0 spiro atoms. The van der Waals surface area contributed by atoms with Gasteiger partial charge in [-0.1, -0.05) is 11.2 Å². The number of alkyl halides is 2. The zero-order chi connectivity index (χ0) is 41.8. The van der Waals surface area contributed by atoms with Crippen LogP contribution in [-0.4, -0.2) is 115 Å². The quantitative estimate of drug-likeness (QED) is 0.159. The summed E-state index contributed by atoms with van der Waals surface area (Å²) in [5.74, 6) is -1.41. The summed E-state index contributed by atoms with van der Waals surface area (Å²) >= 11 is 0. The number of carbonyl (C=O) groups excluding carboxylic acids is 4. The lowest BCUT2D eigenvalue weighted by atomic mass is 9.92. The number of nitrogens with one attached hydrogen (secondary N) is 3. The molecule has 20 heteroatoms. The molecule has 4 aromatic heterocycles. The highest BCUT2D eigenvalue weighted by molar-refractivity contribution is 6.08. The highest BCUT2D eigenvalue weighted by Crippen LogP contribution is 2.37. The molecule has 61 heavy (non-hydrogen) atoms. The second kappa shape index (κ2) is 16.2. The molecule has 5 aliphatic rings. The summed E-state index contributed by atoms with van der Waals surface area (Å²) in [6, 6.07) is 7.22. The Bertz CT molecular complexity index is 2490. The number of benzene rings is 1. The van der Waals surface area contributed by atoms with Crippen molar-refractivity contribution < 1.29 is 42.0 Å². The molecule has 4 saturated heterocycles. The minimum Gasteiger partial charge on any atom is -0.375 e. The average Bonchev–Trinajstić information content (AvgIpc) is 4.11. The largest absolute Gasteiger partial charge is 0.375 e. The molecule has 320 valence electrons. The van der Waals surface area contributed by atoms with E-state index in [0.717, 1.165) is 38.6 Å². The van der Waals surface area contributed by atoms with Gasteiger partial charge >= 0.3 is 0 Å². The molecule has 18 nitrogen and oxygen atoms in total. The van der Waals surface area contributed by atoms with E-state index < -0.39 is 29.9 Å². The molecule has 0 radical (unpaired) electrons. The van der Waals surface area contributed by atoms with E-state index in [0.29, 0.717) is 72.8 Å². The minimum absolute atomic E-state index is 0.0177. The number of aromatic nitrogens is 6. The lowest BCUT2D eigenvalue weighted by Crippen LogP contribution is -2.42. The van der Waals surface area contributed by atoms with Crippen LogP contribution in [0.3, 0.4) is 0 Å². The van der Waals surface area contributed by atoms with Gasteiger partial charge < -0.3 is 29.5 Å². The summed E-state index contributed by atoms with van der Waals surface area (Å²) < 4.78 is 49.4. The zero-order valence-electron chi connectivity index (χ0n) is 33.2. The molecule has 5 aromatic rings. The Morgan fingerprint density at radius 3 is 2.56 bits per heavy atom. The number of halogens is 2. The van der Waals surface area contributed by atoms with Gasteiger partial charge in [-0.3, -0.25) is 34.1 Å². The maximum absolute atomic E-state index is 14.3. The summed E-state index contributed by atoms with van der Waals surface area (Å²) in [4.78, 5) is 59.7. The first kappa shape index (κ1) is 39.3. The van der Waals surface area contributed by atoms with Crippen LogP contribution in [-0.2, 0) is 23.9 Å². The summed E-state index contributed by atoms with van der Waals surface area (Å²) in [7, 11) is 0. The van der Waals surface area contributed by atoms with E-state index in [4.69, 9.17) is 19.0 Å². The van der Waals surface area contributed by atoms with Crippen LogP contribution >= 0.6 is 0 Å². The Balaban J connectivity index is 0.699. The number of nitrogens with zero attached hydrogens (tertiary/aromatic N) is 8. The molecule has 1 aliphatic carbocycles. The molecule has 1 aromatic carbocycles. The number of para-hydroxylation sites is 1. The third kappa shape index (κ3) is 7.83. The normalized spacial score (nSPS) is 24.9. The summed E-state index contributed by atoms with van der Waals surface area (Å²) in [6.07, 6.45) is 7.80. The fraction of sp³-hybridized carbons (Fsp3) is 0.512. The Morgan fingerprint density at radius 2 is 1.80 bits per heavy atom. The third-order valence-electron chi connectivity index (χ3n) is 12.7. The lowest BCUT2D eigenvalue weighted by Gasteiger charge is -2.36. The monoisotopic (exact) mass is 841 g/mol.